The third kappa shape index (κ3) is 5.56. The van der Waals surface area contributed by atoms with Crippen molar-refractivity contribution >= 4 is 60.5 Å². The summed E-state index contributed by atoms with van der Waals surface area (Å²) in [5, 5.41) is 7.07. The highest BCUT2D eigenvalue weighted by Crippen LogP contribution is 2.52. The Morgan fingerprint density at radius 3 is 1.75 bits per heavy atom. The van der Waals surface area contributed by atoms with Crippen molar-refractivity contribution in [1.82, 2.24) is 0 Å². The van der Waals surface area contributed by atoms with Crippen LogP contribution < -0.4 is 4.90 Å². The Bertz CT molecular complexity index is 3490. The van der Waals surface area contributed by atoms with Crippen LogP contribution in [0.5, 0.6) is 0 Å². The van der Waals surface area contributed by atoms with Gasteiger partial charge in [0.2, 0.25) is 0 Å². The van der Waals surface area contributed by atoms with E-state index in [9.17, 15) is 0 Å². The molecule has 1 aliphatic carbocycles. The molecule has 11 aromatic rings. The number of furan rings is 1. The maximum absolute atomic E-state index is 6.61. The lowest BCUT2D eigenvalue weighted by atomic mass is 9.79. The second-order valence-electron chi connectivity index (χ2n) is 16.8. The second kappa shape index (κ2) is 13.7. The highest BCUT2D eigenvalue weighted by atomic mass is 16.3. The molecule has 288 valence electrons. The average Bonchev–Trinajstić information content (AvgIpc) is 3.82. The van der Waals surface area contributed by atoms with Crippen molar-refractivity contribution < 1.29 is 4.42 Å². The van der Waals surface area contributed by atoms with E-state index in [1.807, 2.05) is 0 Å². The van der Waals surface area contributed by atoms with Gasteiger partial charge in [-0.25, -0.2) is 0 Å². The Kier molecular flexibility index (Phi) is 7.92. The summed E-state index contributed by atoms with van der Waals surface area (Å²) in [7, 11) is 0. The first-order valence-corrected chi connectivity index (χ1v) is 21.2. The van der Waals surface area contributed by atoms with Crippen LogP contribution in [-0.4, -0.2) is 0 Å². The zero-order valence-electron chi connectivity index (χ0n) is 34.1. The van der Waals surface area contributed by atoms with Gasteiger partial charge in [-0.2, -0.15) is 0 Å². The molecule has 1 aromatic heterocycles. The number of anilines is 3. The molecular weight excluding hydrogens is 739 g/mol. The van der Waals surface area contributed by atoms with Crippen molar-refractivity contribution in [3.8, 4) is 44.5 Å². The maximum atomic E-state index is 6.61. The van der Waals surface area contributed by atoms with Gasteiger partial charge < -0.3 is 9.32 Å². The number of benzene rings is 10. The maximum Gasteiger partial charge on any atom is 0.143 e. The van der Waals surface area contributed by atoms with Crippen LogP contribution in [0.2, 0.25) is 0 Å². The predicted molar refractivity (Wildman–Crippen MR) is 257 cm³/mol. The summed E-state index contributed by atoms with van der Waals surface area (Å²) in [4.78, 5) is 2.39. The summed E-state index contributed by atoms with van der Waals surface area (Å²) in [5.41, 5.74) is 17.6. The minimum absolute atomic E-state index is 0.101. The zero-order chi connectivity index (χ0) is 40.7. The van der Waals surface area contributed by atoms with Gasteiger partial charge >= 0.3 is 0 Å². The topological polar surface area (TPSA) is 16.4 Å². The van der Waals surface area contributed by atoms with E-state index >= 15 is 0 Å². The van der Waals surface area contributed by atoms with Crippen molar-refractivity contribution in [1.29, 1.82) is 0 Å². The van der Waals surface area contributed by atoms with E-state index in [4.69, 9.17) is 4.42 Å². The minimum atomic E-state index is -0.101. The predicted octanol–water partition coefficient (Wildman–Crippen LogP) is 16.7. The highest BCUT2D eigenvalue weighted by molar-refractivity contribution is 6.19. The van der Waals surface area contributed by atoms with Crippen LogP contribution in [0.15, 0.2) is 217 Å². The van der Waals surface area contributed by atoms with Gasteiger partial charge in [0.1, 0.15) is 11.2 Å². The summed E-state index contributed by atoms with van der Waals surface area (Å²) in [6.45, 7) is 4.72. The molecule has 0 N–H and O–H groups in total. The van der Waals surface area contributed by atoms with Gasteiger partial charge in [-0.05, 0) is 120 Å². The fraction of sp³-hybridized carbons (Fsp3) is 0.0508. The van der Waals surface area contributed by atoms with E-state index in [0.717, 1.165) is 55.5 Å². The van der Waals surface area contributed by atoms with E-state index < -0.39 is 0 Å². The fourth-order valence-electron chi connectivity index (χ4n) is 10.2. The molecule has 0 aliphatic heterocycles. The molecular formula is C59H41NO. The molecule has 10 aromatic carbocycles. The summed E-state index contributed by atoms with van der Waals surface area (Å²) in [6, 6.07) is 77.3. The van der Waals surface area contributed by atoms with E-state index in [-0.39, 0.29) is 5.41 Å². The van der Waals surface area contributed by atoms with Gasteiger partial charge in [-0.1, -0.05) is 178 Å². The fourth-order valence-corrected chi connectivity index (χ4v) is 10.2. The molecule has 12 rings (SSSR count). The Labute approximate surface area is 355 Å². The minimum Gasteiger partial charge on any atom is -0.455 e. The summed E-state index contributed by atoms with van der Waals surface area (Å²) >= 11 is 0. The lowest BCUT2D eigenvalue weighted by Gasteiger charge is -2.27. The lowest BCUT2D eigenvalue weighted by molar-refractivity contribution is 0.662. The molecule has 0 saturated heterocycles. The van der Waals surface area contributed by atoms with E-state index in [1.54, 1.807) is 0 Å². The van der Waals surface area contributed by atoms with Crippen molar-refractivity contribution in [2.45, 2.75) is 19.3 Å². The zero-order valence-corrected chi connectivity index (χ0v) is 34.1. The molecule has 0 saturated carbocycles. The summed E-state index contributed by atoms with van der Waals surface area (Å²) in [5.74, 6) is 0. The Balaban J connectivity index is 0.993. The van der Waals surface area contributed by atoms with Crippen molar-refractivity contribution in [3.63, 3.8) is 0 Å². The number of hydrogen-bond donors (Lipinski definition) is 0. The first-order chi connectivity index (χ1) is 30.0. The number of nitrogens with zero attached hydrogens (tertiary/aromatic N) is 1. The molecule has 2 heteroatoms. The highest BCUT2D eigenvalue weighted by Gasteiger charge is 2.37. The Hall–Kier alpha value is -7.68. The largest absolute Gasteiger partial charge is 0.455 e. The van der Waals surface area contributed by atoms with Crippen LogP contribution in [0, 0.1) is 0 Å². The van der Waals surface area contributed by atoms with Crippen LogP contribution in [0.25, 0.3) is 88.0 Å². The molecule has 1 heterocycles. The third-order valence-corrected chi connectivity index (χ3v) is 13.0. The van der Waals surface area contributed by atoms with Gasteiger partial charge in [0.05, 0.1) is 0 Å². The van der Waals surface area contributed by atoms with Gasteiger partial charge in [0, 0.05) is 38.6 Å². The standard InChI is InChI=1S/C59H41NO/c1-59(2)54-25-8-7-20-51(54)52-24-11-23-49(57(52)59)41-29-34-44(35-30-41)60(43-32-27-40(28-33-43)47-21-10-15-38-13-3-5-18-46(38)47)45-17-9-16-42(37-45)48-22-12-26-55-56(48)53-36-31-39-14-4-6-19-50(39)58(53)61-55/h3-37H,1-2H3. The summed E-state index contributed by atoms with van der Waals surface area (Å²) in [6.07, 6.45) is 0. The van der Waals surface area contributed by atoms with Crippen LogP contribution in [0.3, 0.4) is 0 Å². The van der Waals surface area contributed by atoms with Crippen molar-refractivity contribution in [2.24, 2.45) is 0 Å². The normalized spacial score (nSPS) is 12.9. The van der Waals surface area contributed by atoms with Gasteiger partial charge in [-0.15, -0.1) is 0 Å². The Morgan fingerprint density at radius 2 is 0.951 bits per heavy atom. The Morgan fingerprint density at radius 1 is 0.377 bits per heavy atom. The quantitative estimate of drug-likeness (QED) is 0.167. The number of hydrogen-bond acceptors (Lipinski definition) is 2. The number of fused-ring (bicyclic) bond motifs is 9. The van der Waals surface area contributed by atoms with Crippen LogP contribution >= 0.6 is 0 Å². The molecule has 0 atom stereocenters. The smallest absolute Gasteiger partial charge is 0.143 e. The van der Waals surface area contributed by atoms with Crippen molar-refractivity contribution in [3.05, 3.63) is 223 Å². The van der Waals surface area contributed by atoms with Crippen LogP contribution in [0.4, 0.5) is 17.1 Å². The molecule has 0 bridgehead atoms. The van der Waals surface area contributed by atoms with Crippen LogP contribution in [0.1, 0.15) is 25.0 Å². The first-order valence-electron chi connectivity index (χ1n) is 21.2. The SMILES string of the molecule is CC1(C)c2ccccc2-c2cccc(-c3ccc(N(c4ccc(-c5cccc6ccccc56)cc4)c4cccc(-c5cccc6oc7c8ccccc8ccc7c56)c4)cc3)c21. The molecule has 1 aliphatic rings. The monoisotopic (exact) mass is 779 g/mol. The van der Waals surface area contributed by atoms with E-state index in [0.29, 0.717) is 0 Å². The lowest BCUT2D eigenvalue weighted by Crippen LogP contribution is -2.16. The first kappa shape index (κ1) is 35.3. The van der Waals surface area contributed by atoms with Gasteiger partial charge in [-0.3, -0.25) is 0 Å². The molecule has 61 heavy (non-hydrogen) atoms. The molecule has 0 radical (unpaired) electrons. The molecule has 0 unspecified atom stereocenters. The molecule has 0 fully saturated rings. The third-order valence-electron chi connectivity index (χ3n) is 13.0. The van der Waals surface area contributed by atoms with Crippen LogP contribution in [-0.2, 0) is 5.41 Å². The molecule has 0 spiro atoms. The number of rotatable bonds is 6. The van der Waals surface area contributed by atoms with E-state index in [1.165, 1.54) is 60.7 Å². The molecule has 2 nitrogen and oxygen atoms in total. The van der Waals surface area contributed by atoms with Gasteiger partial charge in [0.25, 0.3) is 0 Å². The molecule has 0 amide bonds. The van der Waals surface area contributed by atoms with E-state index in [2.05, 4.69) is 231 Å². The second-order valence-corrected chi connectivity index (χ2v) is 16.8. The van der Waals surface area contributed by atoms with Gasteiger partial charge in [0.15, 0.2) is 0 Å². The summed E-state index contributed by atoms with van der Waals surface area (Å²) < 4.78 is 6.61. The van der Waals surface area contributed by atoms with Crippen molar-refractivity contribution in [2.75, 3.05) is 4.90 Å². The average molecular weight is 780 g/mol.